The largest absolute Gasteiger partial charge is 0.356 e. The maximum Gasteiger partial charge on any atom is 0.246 e. The first-order valence-corrected chi connectivity index (χ1v) is 11.7. The number of anilines is 2. The van der Waals surface area contributed by atoms with E-state index in [1.807, 2.05) is 58.3 Å². The minimum Gasteiger partial charge on any atom is -0.356 e. The van der Waals surface area contributed by atoms with E-state index in [0.717, 1.165) is 35.3 Å². The van der Waals surface area contributed by atoms with Crippen molar-refractivity contribution in [3.05, 3.63) is 59.7 Å². The highest BCUT2D eigenvalue weighted by Crippen LogP contribution is 2.37. The molecule has 2 saturated heterocycles. The van der Waals surface area contributed by atoms with E-state index in [-0.39, 0.29) is 36.0 Å². The fourth-order valence-corrected chi connectivity index (χ4v) is 6.55. The number of hydrogen-bond acceptors (Lipinski definition) is 4. The van der Waals surface area contributed by atoms with Crippen LogP contribution in [0.1, 0.15) is 25.0 Å². The van der Waals surface area contributed by atoms with Crippen molar-refractivity contribution in [1.29, 1.82) is 0 Å². The number of piperazine rings is 1. The van der Waals surface area contributed by atoms with Crippen molar-refractivity contribution in [3.63, 3.8) is 0 Å². The molecule has 2 fully saturated rings. The molecule has 0 radical (unpaired) electrons. The molecule has 2 atom stereocenters. The molecule has 148 valence electrons. The van der Waals surface area contributed by atoms with Crippen molar-refractivity contribution in [3.8, 4) is 0 Å². The van der Waals surface area contributed by atoms with E-state index in [4.69, 9.17) is 0 Å². The van der Waals surface area contributed by atoms with Gasteiger partial charge >= 0.3 is 0 Å². The van der Waals surface area contributed by atoms with Crippen LogP contribution in [-0.2, 0) is 27.5 Å². The molecule has 0 spiro atoms. The lowest BCUT2D eigenvalue weighted by molar-refractivity contribution is -0.118. The number of aryl methyl sites for hydroxylation is 2. The average molecular weight is 399 g/mol. The van der Waals surface area contributed by atoms with Crippen LogP contribution < -0.4 is 9.80 Å². The summed E-state index contributed by atoms with van der Waals surface area (Å²) in [5, 5.41) is 0. The predicted octanol–water partition coefficient (Wildman–Crippen LogP) is 2.83. The summed E-state index contributed by atoms with van der Waals surface area (Å²) in [7, 11) is -3.21. The predicted molar refractivity (Wildman–Crippen MR) is 113 cm³/mol. The van der Waals surface area contributed by atoms with Gasteiger partial charge in [0.05, 0.1) is 35.8 Å². The van der Waals surface area contributed by atoms with Gasteiger partial charge in [-0.3, -0.25) is 4.79 Å². The van der Waals surface area contributed by atoms with Gasteiger partial charge in [0.15, 0.2) is 9.84 Å². The summed E-state index contributed by atoms with van der Waals surface area (Å²) < 4.78 is 25.2. The van der Waals surface area contributed by atoms with Crippen molar-refractivity contribution in [2.24, 2.45) is 0 Å². The van der Waals surface area contributed by atoms with Crippen molar-refractivity contribution >= 4 is 27.1 Å². The third-order valence-corrected chi connectivity index (χ3v) is 7.59. The van der Waals surface area contributed by atoms with Crippen LogP contribution in [0.4, 0.5) is 11.4 Å². The highest BCUT2D eigenvalue weighted by Gasteiger charge is 2.50. The molecule has 0 aromatic heterocycles. The van der Waals surface area contributed by atoms with Crippen molar-refractivity contribution < 1.29 is 13.2 Å². The Morgan fingerprint density at radius 3 is 2.11 bits per heavy atom. The van der Waals surface area contributed by atoms with E-state index in [9.17, 15) is 13.2 Å². The maximum absolute atomic E-state index is 13.4. The lowest BCUT2D eigenvalue weighted by Gasteiger charge is -2.45. The number of carbonyl (C=O) groups excluding carboxylic acids is 1. The normalized spacial score (nSPS) is 23.7. The summed E-state index contributed by atoms with van der Waals surface area (Å²) in [6, 6.07) is 15.2. The van der Waals surface area contributed by atoms with Crippen LogP contribution in [0, 0.1) is 0 Å². The Morgan fingerprint density at radius 2 is 1.50 bits per heavy atom. The van der Waals surface area contributed by atoms with Crippen LogP contribution >= 0.6 is 0 Å². The molecule has 0 N–H and O–H groups in total. The van der Waals surface area contributed by atoms with Gasteiger partial charge in [-0.05, 0) is 36.1 Å². The van der Waals surface area contributed by atoms with E-state index in [2.05, 4.69) is 13.8 Å². The zero-order valence-corrected chi connectivity index (χ0v) is 17.2. The first-order chi connectivity index (χ1) is 13.4. The van der Waals surface area contributed by atoms with Gasteiger partial charge in [-0.1, -0.05) is 50.2 Å². The second-order valence-corrected chi connectivity index (χ2v) is 9.72. The van der Waals surface area contributed by atoms with Gasteiger partial charge in [0.2, 0.25) is 5.91 Å². The van der Waals surface area contributed by atoms with Crippen molar-refractivity contribution in [2.75, 3.05) is 27.9 Å². The molecule has 5 nitrogen and oxygen atoms in total. The van der Waals surface area contributed by atoms with E-state index in [0.29, 0.717) is 0 Å². The number of amides is 1. The third-order valence-electron chi connectivity index (χ3n) is 5.89. The lowest BCUT2D eigenvalue weighted by Crippen LogP contribution is -2.62. The smallest absolute Gasteiger partial charge is 0.246 e. The molecule has 4 rings (SSSR count). The molecule has 0 saturated carbocycles. The number of hydrogen-bond donors (Lipinski definition) is 0. The Kier molecular flexibility index (Phi) is 4.91. The van der Waals surface area contributed by atoms with Crippen molar-refractivity contribution in [1.82, 2.24) is 0 Å². The highest BCUT2D eigenvalue weighted by molar-refractivity contribution is 7.91. The van der Waals surface area contributed by atoms with Gasteiger partial charge in [0.1, 0.15) is 0 Å². The first-order valence-electron chi connectivity index (χ1n) is 9.90. The summed E-state index contributed by atoms with van der Waals surface area (Å²) in [5.41, 5.74) is 4.03. The zero-order chi connectivity index (χ0) is 19.9. The molecule has 2 aliphatic rings. The zero-order valence-electron chi connectivity index (χ0n) is 16.3. The van der Waals surface area contributed by atoms with Crippen LogP contribution in [0.15, 0.2) is 48.5 Å². The summed E-state index contributed by atoms with van der Waals surface area (Å²) in [6.45, 7) is 4.35. The standard InChI is InChI=1S/C22H26N2O3S/c1-3-16-9-8-10-17(4-2)22(16)24-20-15-28(26,27)14-19(20)23(13-21(24)25)18-11-6-5-7-12-18/h5-12,19-20H,3-4,13-15H2,1-2H3. The van der Waals surface area contributed by atoms with Gasteiger partial charge in [0.25, 0.3) is 0 Å². The minimum absolute atomic E-state index is 0.0218. The fourth-order valence-electron chi connectivity index (χ4n) is 4.60. The molecule has 6 heteroatoms. The molecule has 2 unspecified atom stereocenters. The first kappa shape index (κ1) is 19.0. The topological polar surface area (TPSA) is 57.7 Å². The number of rotatable bonds is 4. The molecule has 2 aromatic rings. The van der Waals surface area contributed by atoms with E-state index >= 15 is 0 Å². The molecular formula is C22H26N2O3S. The molecule has 28 heavy (non-hydrogen) atoms. The van der Waals surface area contributed by atoms with Crippen molar-refractivity contribution in [2.45, 2.75) is 38.8 Å². The Morgan fingerprint density at radius 1 is 0.893 bits per heavy atom. The monoisotopic (exact) mass is 398 g/mol. The molecule has 0 aliphatic carbocycles. The summed E-state index contributed by atoms with van der Waals surface area (Å²) in [4.78, 5) is 17.2. The SMILES string of the molecule is CCc1cccc(CC)c1N1C(=O)CN(c2ccccc2)C2CS(=O)(=O)CC21. The van der Waals surface area contributed by atoms with Gasteiger partial charge in [-0.25, -0.2) is 8.42 Å². The number of benzene rings is 2. The summed E-state index contributed by atoms with van der Waals surface area (Å²) in [6.07, 6.45) is 1.61. The van der Waals surface area contributed by atoms with Gasteiger partial charge in [0, 0.05) is 5.69 Å². The quantitative estimate of drug-likeness (QED) is 0.795. The molecule has 2 aliphatic heterocycles. The Bertz CT molecular complexity index is 966. The molecule has 2 heterocycles. The van der Waals surface area contributed by atoms with E-state index in [1.54, 1.807) is 0 Å². The second kappa shape index (κ2) is 7.24. The molecule has 1 amide bonds. The lowest BCUT2D eigenvalue weighted by atomic mass is 9.96. The van der Waals surface area contributed by atoms with Crippen LogP contribution in [-0.4, -0.2) is 44.5 Å². The second-order valence-electron chi connectivity index (χ2n) is 7.57. The summed E-state index contributed by atoms with van der Waals surface area (Å²) in [5.74, 6) is 0.0813. The van der Waals surface area contributed by atoms with Gasteiger partial charge < -0.3 is 9.80 Å². The minimum atomic E-state index is -3.21. The third kappa shape index (κ3) is 3.20. The fraction of sp³-hybridized carbons (Fsp3) is 0.409. The highest BCUT2D eigenvalue weighted by atomic mass is 32.2. The van der Waals surface area contributed by atoms with Gasteiger partial charge in [-0.15, -0.1) is 0 Å². The van der Waals surface area contributed by atoms with Crippen LogP contribution in [0.5, 0.6) is 0 Å². The number of fused-ring (bicyclic) bond motifs is 1. The maximum atomic E-state index is 13.4. The van der Waals surface area contributed by atoms with E-state index < -0.39 is 9.84 Å². The Hall–Kier alpha value is -2.34. The Labute approximate surface area is 166 Å². The number of carbonyl (C=O) groups is 1. The molecule has 0 bridgehead atoms. The van der Waals surface area contributed by atoms with Crippen LogP contribution in [0.2, 0.25) is 0 Å². The van der Waals surface area contributed by atoms with E-state index in [1.165, 1.54) is 0 Å². The molecule has 2 aromatic carbocycles. The Balaban J connectivity index is 1.83. The average Bonchev–Trinajstić information content (AvgIpc) is 3.02. The number of sulfone groups is 1. The summed E-state index contributed by atoms with van der Waals surface area (Å²) >= 11 is 0. The van der Waals surface area contributed by atoms with Crippen LogP contribution in [0.25, 0.3) is 0 Å². The number of nitrogens with zero attached hydrogens (tertiary/aromatic N) is 2. The van der Waals surface area contributed by atoms with Crippen LogP contribution in [0.3, 0.4) is 0 Å². The van der Waals surface area contributed by atoms with Gasteiger partial charge in [-0.2, -0.15) is 0 Å². The number of para-hydroxylation sites is 2. The molecular weight excluding hydrogens is 372 g/mol.